The third kappa shape index (κ3) is 3.56. The lowest BCUT2D eigenvalue weighted by molar-refractivity contribution is -0.177. The van der Waals surface area contributed by atoms with E-state index in [-0.39, 0.29) is 18.0 Å². The molecule has 1 heterocycles. The first kappa shape index (κ1) is 14.2. The van der Waals surface area contributed by atoms with Gasteiger partial charge in [0, 0.05) is 6.42 Å². The van der Waals surface area contributed by atoms with Crippen LogP contribution in [0.2, 0.25) is 5.15 Å². The molecule has 0 aromatic carbocycles. The van der Waals surface area contributed by atoms with E-state index in [2.05, 4.69) is 10.2 Å². The van der Waals surface area contributed by atoms with Crippen molar-refractivity contribution in [3.8, 4) is 0 Å². The van der Waals surface area contributed by atoms with E-state index in [9.17, 15) is 13.2 Å². The Balaban J connectivity index is 0.000000686. The Hall–Kier alpha value is -0.840. The zero-order valence-electron chi connectivity index (χ0n) is 9.68. The smallest absolute Gasteiger partial charge is 0.171 e. The summed E-state index contributed by atoms with van der Waals surface area (Å²) in [6.45, 7) is 4.00. The number of hydrogen-bond acceptors (Lipinski definition) is 2. The van der Waals surface area contributed by atoms with Crippen molar-refractivity contribution in [3.63, 3.8) is 0 Å². The third-order valence-corrected chi connectivity index (χ3v) is 2.78. The summed E-state index contributed by atoms with van der Waals surface area (Å²) in [6, 6.07) is 1.59. The number of halogens is 4. The molecule has 1 aromatic heterocycles. The molecule has 6 heteroatoms. The second-order valence-corrected chi connectivity index (χ2v) is 4.01. The van der Waals surface area contributed by atoms with E-state index in [0.717, 1.165) is 5.56 Å². The van der Waals surface area contributed by atoms with Crippen molar-refractivity contribution >= 4 is 11.6 Å². The van der Waals surface area contributed by atoms with Gasteiger partial charge in [0.15, 0.2) is 5.15 Å². The summed E-state index contributed by atoms with van der Waals surface area (Å²) in [5.74, 6) is -1.29. The second-order valence-electron chi connectivity index (χ2n) is 3.62. The Morgan fingerprint density at radius 3 is 2.53 bits per heavy atom. The third-order valence-electron chi connectivity index (χ3n) is 2.60. The van der Waals surface area contributed by atoms with E-state index in [0.29, 0.717) is 12.1 Å². The Morgan fingerprint density at radius 2 is 1.94 bits per heavy atom. The van der Waals surface area contributed by atoms with Crippen molar-refractivity contribution in [2.24, 2.45) is 5.92 Å². The fraction of sp³-hybridized carbons (Fsp3) is 0.636. The van der Waals surface area contributed by atoms with E-state index in [1.807, 2.05) is 13.8 Å². The monoisotopic (exact) mass is 266 g/mol. The van der Waals surface area contributed by atoms with Gasteiger partial charge in [0.1, 0.15) is 0 Å². The molecule has 2 rings (SSSR count). The molecule has 1 aliphatic carbocycles. The molecule has 0 spiro atoms. The summed E-state index contributed by atoms with van der Waals surface area (Å²) in [5.41, 5.74) is 1.21. The Morgan fingerprint density at radius 1 is 1.29 bits per heavy atom. The van der Waals surface area contributed by atoms with Crippen LogP contribution in [0, 0.1) is 5.92 Å². The molecule has 1 unspecified atom stereocenters. The SMILES string of the molecule is CC.FC(F)(F)C1CCc2cc(Cl)nnc2C1. The van der Waals surface area contributed by atoms with Crippen LogP contribution in [0.1, 0.15) is 31.5 Å². The lowest BCUT2D eigenvalue weighted by Gasteiger charge is -2.25. The molecular weight excluding hydrogens is 253 g/mol. The molecule has 0 saturated carbocycles. The minimum Gasteiger partial charge on any atom is -0.171 e. The highest BCUT2D eigenvalue weighted by Gasteiger charge is 2.41. The summed E-state index contributed by atoms with van der Waals surface area (Å²) in [4.78, 5) is 0. The number of fused-ring (bicyclic) bond motifs is 1. The van der Waals surface area contributed by atoms with Crippen molar-refractivity contribution < 1.29 is 13.2 Å². The highest BCUT2D eigenvalue weighted by molar-refractivity contribution is 6.29. The van der Waals surface area contributed by atoms with Crippen LogP contribution >= 0.6 is 11.6 Å². The number of aromatic nitrogens is 2. The largest absolute Gasteiger partial charge is 0.392 e. The summed E-state index contributed by atoms with van der Waals surface area (Å²) < 4.78 is 37.3. The van der Waals surface area contributed by atoms with Gasteiger partial charge < -0.3 is 0 Å². The number of alkyl halides is 3. The topological polar surface area (TPSA) is 25.8 Å². The van der Waals surface area contributed by atoms with E-state index < -0.39 is 12.1 Å². The van der Waals surface area contributed by atoms with Crippen molar-refractivity contribution in [2.75, 3.05) is 0 Å². The number of nitrogens with zero attached hydrogens (tertiary/aromatic N) is 2. The first-order valence-corrected chi connectivity index (χ1v) is 5.92. The molecule has 96 valence electrons. The first-order chi connectivity index (χ1) is 7.97. The molecule has 0 amide bonds. The minimum atomic E-state index is -4.14. The Bertz CT molecular complexity index is 379. The fourth-order valence-electron chi connectivity index (χ4n) is 1.76. The molecule has 0 radical (unpaired) electrons. The maximum absolute atomic E-state index is 12.4. The predicted molar refractivity (Wildman–Crippen MR) is 60.0 cm³/mol. The standard InChI is InChI=1S/C9H8ClF3N2.C2H6/c10-8-3-5-1-2-6(9(11,12)13)4-7(5)14-15-8;1-2/h3,6H,1-2,4H2;1-2H3. The molecule has 0 fully saturated rings. The van der Waals surface area contributed by atoms with Gasteiger partial charge in [-0.1, -0.05) is 25.4 Å². The molecule has 0 aliphatic heterocycles. The molecule has 1 atom stereocenters. The van der Waals surface area contributed by atoms with Crippen molar-refractivity contribution in [2.45, 2.75) is 39.3 Å². The summed E-state index contributed by atoms with van der Waals surface area (Å²) >= 11 is 5.61. The normalized spacial score (nSPS) is 19.1. The second kappa shape index (κ2) is 5.67. The lowest BCUT2D eigenvalue weighted by Crippen LogP contribution is -2.29. The lowest BCUT2D eigenvalue weighted by atomic mass is 9.87. The first-order valence-electron chi connectivity index (χ1n) is 5.54. The van der Waals surface area contributed by atoms with Gasteiger partial charge in [0.05, 0.1) is 11.6 Å². The van der Waals surface area contributed by atoms with Gasteiger partial charge in [-0.25, -0.2) is 0 Å². The van der Waals surface area contributed by atoms with Crippen molar-refractivity contribution in [1.29, 1.82) is 0 Å². The maximum atomic E-state index is 12.4. The maximum Gasteiger partial charge on any atom is 0.392 e. The summed E-state index contributed by atoms with van der Waals surface area (Å²) in [7, 11) is 0. The molecule has 1 aromatic rings. The van der Waals surface area contributed by atoms with Crippen LogP contribution in [0.4, 0.5) is 13.2 Å². The highest BCUT2D eigenvalue weighted by atomic mass is 35.5. The Kier molecular flexibility index (Phi) is 4.74. The van der Waals surface area contributed by atoms with Gasteiger partial charge in [0.2, 0.25) is 0 Å². The van der Waals surface area contributed by atoms with Crippen LogP contribution in [-0.4, -0.2) is 16.4 Å². The highest BCUT2D eigenvalue weighted by Crippen LogP contribution is 2.36. The molecule has 2 nitrogen and oxygen atoms in total. The van der Waals surface area contributed by atoms with Gasteiger partial charge >= 0.3 is 6.18 Å². The summed E-state index contributed by atoms with van der Waals surface area (Å²) in [5, 5.41) is 7.49. The van der Waals surface area contributed by atoms with E-state index in [1.54, 1.807) is 6.07 Å². The quantitative estimate of drug-likeness (QED) is 0.713. The molecular formula is C11H14ClF3N2. The van der Waals surface area contributed by atoms with Gasteiger partial charge in [-0.2, -0.15) is 18.3 Å². The van der Waals surface area contributed by atoms with Crippen LogP contribution in [-0.2, 0) is 12.8 Å². The predicted octanol–water partition coefficient (Wildman–Crippen LogP) is 3.82. The zero-order valence-corrected chi connectivity index (χ0v) is 10.4. The van der Waals surface area contributed by atoms with Crippen LogP contribution in [0.25, 0.3) is 0 Å². The van der Waals surface area contributed by atoms with Crippen LogP contribution in [0.5, 0.6) is 0 Å². The molecule has 0 N–H and O–H groups in total. The van der Waals surface area contributed by atoms with E-state index in [4.69, 9.17) is 11.6 Å². The minimum absolute atomic E-state index is 0.0804. The molecule has 1 aliphatic rings. The number of rotatable bonds is 0. The van der Waals surface area contributed by atoms with Gasteiger partial charge in [-0.15, -0.1) is 5.10 Å². The van der Waals surface area contributed by atoms with Crippen molar-refractivity contribution in [1.82, 2.24) is 10.2 Å². The number of hydrogen-bond donors (Lipinski definition) is 0. The van der Waals surface area contributed by atoms with Crippen molar-refractivity contribution in [3.05, 3.63) is 22.5 Å². The molecule has 0 saturated heterocycles. The molecule has 17 heavy (non-hydrogen) atoms. The summed E-state index contributed by atoms with van der Waals surface area (Å²) in [6.07, 6.45) is -3.74. The fourth-order valence-corrected chi connectivity index (χ4v) is 1.93. The van der Waals surface area contributed by atoms with Gasteiger partial charge in [0.25, 0.3) is 0 Å². The average Bonchev–Trinajstić information content (AvgIpc) is 2.29. The Labute approximate surface area is 103 Å². The van der Waals surface area contributed by atoms with Crippen LogP contribution < -0.4 is 0 Å². The zero-order chi connectivity index (χ0) is 13.1. The van der Waals surface area contributed by atoms with Gasteiger partial charge in [-0.3, -0.25) is 0 Å². The van der Waals surface area contributed by atoms with Gasteiger partial charge in [-0.05, 0) is 24.5 Å². The van der Waals surface area contributed by atoms with Crippen LogP contribution in [0.15, 0.2) is 6.07 Å². The van der Waals surface area contributed by atoms with E-state index in [1.165, 1.54) is 0 Å². The number of aryl methyl sites for hydroxylation is 1. The molecule has 0 bridgehead atoms. The average molecular weight is 267 g/mol. The van der Waals surface area contributed by atoms with E-state index >= 15 is 0 Å². The van der Waals surface area contributed by atoms with Crippen LogP contribution in [0.3, 0.4) is 0 Å².